The topological polar surface area (TPSA) is 119 Å². The van der Waals surface area contributed by atoms with Crippen molar-refractivity contribution < 1.29 is 19.1 Å². The van der Waals surface area contributed by atoms with Crippen molar-refractivity contribution in [3.8, 4) is 17.0 Å². The number of hydrogen-bond donors (Lipinski definition) is 2. The van der Waals surface area contributed by atoms with E-state index in [1.54, 1.807) is 25.6 Å². The second-order valence-corrected chi connectivity index (χ2v) is 9.77. The van der Waals surface area contributed by atoms with Gasteiger partial charge in [0.15, 0.2) is 0 Å². The molecule has 1 atom stereocenters. The minimum Gasteiger partial charge on any atom is -0.497 e. The molecule has 1 aromatic carbocycles. The van der Waals surface area contributed by atoms with Crippen molar-refractivity contribution in [3.63, 3.8) is 0 Å². The molecule has 1 saturated heterocycles. The molecule has 2 N–H and O–H groups in total. The lowest BCUT2D eigenvalue weighted by atomic mass is 10.1. The van der Waals surface area contributed by atoms with Gasteiger partial charge in [0.1, 0.15) is 12.3 Å². The number of carbonyl (C=O) groups is 2. The summed E-state index contributed by atoms with van der Waals surface area (Å²) in [5.41, 5.74) is 3.05. The lowest BCUT2D eigenvalue weighted by Gasteiger charge is -2.23. The Labute approximate surface area is 225 Å². The Balaban J connectivity index is 1.26. The maximum atomic E-state index is 13.2. The molecule has 2 aliphatic heterocycles. The van der Waals surface area contributed by atoms with Crippen molar-refractivity contribution in [2.24, 2.45) is 0 Å². The Morgan fingerprint density at radius 2 is 2.05 bits per heavy atom. The molecule has 0 saturated carbocycles. The molecule has 1 fully saturated rings. The predicted octanol–water partition coefficient (Wildman–Crippen LogP) is 3.62. The van der Waals surface area contributed by atoms with E-state index in [0.717, 1.165) is 18.4 Å². The van der Waals surface area contributed by atoms with Crippen LogP contribution in [0, 0.1) is 0 Å². The molecule has 198 valence electrons. The van der Waals surface area contributed by atoms with Crippen LogP contribution in [-0.4, -0.2) is 64.6 Å². The largest absolute Gasteiger partial charge is 0.497 e. The van der Waals surface area contributed by atoms with E-state index >= 15 is 0 Å². The zero-order valence-electron chi connectivity index (χ0n) is 21.2. The van der Waals surface area contributed by atoms with Crippen molar-refractivity contribution in [3.05, 3.63) is 64.6 Å². The van der Waals surface area contributed by atoms with E-state index in [9.17, 15) is 9.59 Å². The number of rotatable bonds is 8. The van der Waals surface area contributed by atoms with Crippen molar-refractivity contribution in [1.82, 2.24) is 25.2 Å². The van der Waals surface area contributed by atoms with E-state index in [4.69, 9.17) is 21.1 Å². The molecule has 2 aromatic heterocycles. The van der Waals surface area contributed by atoms with Crippen LogP contribution >= 0.6 is 11.6 Å². The number of ether oxygens (including phenoxy) is 2. The number of fused-ring (bicyclic) bond motifs is 1. The van der Waals surface area contributed by atoms with Crippen LogP contribution in [-0.2, 0) is 16.1 Å². The van der Waals surface area contributed by atoms with Gasteiger partial charge in [-0.05, 0) is 43.5 Å². The van der Waals surface area contributed by atoms with Crippen LogP contribution in [0.4, 0.5) is 5.95 Å². The van der Waals surface area contributed by atoms with Crippen molar-refractivity contribution in [2.45, 2.75) is 38.4 Å². The van der Waals surface area contributed by atoms with Crippen LogP contribution in [0.15, 0.2) is 42.7 Å². The first kappa shape index (κ1) is 25.9. The van der Waals surface area contributed by atoms with E-state index in [1.807, 2.05) is 31.2 Å². The number of carbonyl (C=O) groups excluding carboxylic acids is 2. The van der Waals surface area contributed by atoms with Crippen molar-refractivity contribution in [2.75, 3.05) is 32.2 Å². The SMILES string of the molecule is COc1cccc(C(C)NC(=O)CN2Cc3ncc(-c4nc(NC5CCOCC5)ncc4Cl)cc3C2=O)c1. The third-order valence-electron chi connectivity index (χ3n) is 6.71. The Morgan fingerprint density at radius 3 is 2.84 bits per heavy atom. The molecule has 0 spiro atoms. The lowest BCUT2D eigenvalue weighted by molar-refractivity contribution is -0.122. The van der Waals surface area contributed by atoms with Crippen LogP contribution in [0.5, 0.6) is 5.75 Å². The number of hydrogen-bond acceptors (Lipinski definition) is 8. The summed E-state index contributed by atoms with van der Waals surface area (Å²) in [4.78, 5) is 40.8. The number of nitrogens with one attached hydrogen (secondary N) is 2. The fraction of sp³-hybridized carbons (Fsp3) is 0.370. The summed E-state index contributed by atoms with van der Waals surface area (Å²) in [5, 5.41) is 6.64. The molecule has 10 nitrogen and oxygen atoms in total. The van der Waals surface area contributed by atoms with E-state index in [0.29, 0.717) is 52.4 Å². The van der Waals surface area contributed by atoms with Gasteiger partial charge >= 0.3 is 0 Å². The maximum Gasteiger partial charge on any atom is 0.256 e. The van der Waals surface area contributed by atoms with E-state index in [2.05, 4.69) is 25.6 Å². The monoisotopic (exact) mass is 536 g/mol. The molecule has 2 amide bonds. The average molecular weight is 537 g/mol. The number of methoxy groups -OCH3 is 1. The lowest BCUT2D eigenvalue weighted by Crippen LogP contribution is -2.38. The highest BCUT2D eigenvalue weighted by atomic mass is 35.5. The second kappa shape index (κ2) is 11.3. The smallest absolute Gasteiger partial charge is 0.256 e. The molecule has 0 bridgehead atoms. The standard InChI is InChI=1S/C27H29ClN6O4/c1-16(17-4-3-5-20(10-17)37-2)31-24(35)15-34-14-23-21(26(34)36)11-18(12-29-23)25-22(28)13-30-27(33-25)32-19-6-8-38-9-7-19/h3-5,10-13,16,19H,6-9,14-15H2,1-2H3,(H,31,35)(H,30,32,33). The number of benzene rings is 1. The van der Waals surface area contributed by atoms with Gasteiger partial charge in [0, 0.05) is 31.0 Å². The fourth-order valence-electron chi connectivity index (χ4n) is 4.60. The van der Waals surface area contributed by atoms with Crippen LogP contribution < -0.4 is 15.4 Å². The number of halogens is 1. The highest BCUT2D eigenvalue weighted by Crippen LogP contribution is 2.30. The summed E-state index contributed by atoms with van der Waals surface area (Å²) >= 11 is 6.42. The van der Waals surface area contributed by atoms with Gasteiger partial charge in [-0.1, -0.05) is 23.7 Å². The second-order valence-electron chi connectivity index (χ2n) is 9.37. The number of aromatic nitrogens is 3. The molecule has 0 aliphatic carbocycles. The number of amides is 2. The number of anilines is 1. The molecule has 4 heterocycles. The van der Waals surface area contributed by atoms with Gasteiger partial charge in [0.2, 0.25) is 11.9 Å². The van der Waals surface area contributed by atoms with E-state index < -0.39 is 0 Å². The minimum atomic E-state index is -0.260. The molecule has 11 heteroatoms. The quantitative estimate of drug-likeness (QED) is 0.448. The number of nitrogens with zero attached hydrogens (tertiary/aromatic N) is 4. The summed E-state index contributed by atoms with van der Waals surface area (Å²) in [6.07, 6.45) is 4.93. The summed E-state index contributed by atoms with van der Waals surface area (Å²) < 4.78 is 10.7. The Morgan fingerprint density at radius 1 is 1.24 bits per heavy atom. The van der Waals surface area contributed by atoms with Gasteiger partial charge in [-0.15, -0.1) is 0 Å². The van der Waals surface area contributed by atoms with Crippen LogP contribution in [0.2, 0.25) is 5.02 Å². The summed E-state index contributed by atoms with van der Waals surface area (Å²) in [6.45, 7) is 3.46. The highest BCUT2D eigenvalue weighted by molar-refractivity contribution is 6.32. The zero-order valence-corrected chi connectivity index (χ0v) is 22.0. The van der Waals surface area contributed by atoms with Crippen LogP contribution in [0.25, 0.3) is 11.3 Å². The molecule has 5 rings (SSSR count). The summed E-state index contributed by atoms with van der Waals surface area (Å²) in [5.74, 6) is 0.658. The van der Waals surface area contributed by atoms with Gasteiger partial charge < -0.3 is 25.0 Å². The molecule has 38 heavy (non-hydrogen) atoms. The molecular formula is C27H29ClN6O4. The van der Waals surface area contributed by atoms with Gasteiger partial charge in [-0.25, -0.2) is 9.97 Å². The van der Waals surface area contributed by atoms with Gasteiger partial charge in [0.25, 0.3) is 5.91 Å². The van der Waals surface area contributed by atoms with Gasteiger partial charge in [-0.3, -0.25) is 14.6 Å². The third-order valence-corrected chi connectivity index (χ3v) is 6.98. The zero-order chi connectivity index (χ0) is 26.6. The molecule has 1 unspecified atom stereocenters. The highest BCUT2D eigenvalue weighted by Gasteiger charge is 2.31. The first-order chi connectivity index (χ1) is 18.4. The third kappa shape index (κ3) is 5.71. The molecular weight excluding hydrogens is 508 g/mol. The van der Waals surface area contributed by atoms with E-state index in [-0.39, 0.29) is 37.0 Å². The minimum absolute atomic E-state index is 0.0771. The average Bonchev–Trinajstić information content (AvgIpc) is 3.24. The number of pyridine rings is 1. The Kier molecular flexibility index (Phi) is 7.71. The molecule has 3 aromatic rings. The first-order valence-corrected chi connectivity index (χ1v) is 12.9. The Hall–Kier alpha value is -3.76. The predicted molar refractivity (Wildman–Crippen MR) is 142 cm³/mol. The summed E-state index contributed by atoms with van der Waals surface area (Å²) in [7, 11) is 1.60. The van der Waals surface area contributed by atoms with Crippen molar-refractivity contribution in [1.29, 1.82) is 0 Å². The molecule has 0 radical (unpaired) electrons. The fourth-order valence-corrected chi connectivity index (χ4v) is 4.80. The van der Waals surface area contributed by atoms with Crippen LogP contribution in [0.1, 0.15) is 47.4 Å². The molecule has 2 aliphatic rings. The Bertz CT molecular complexity index is 1350. The first-order valence-electron chi connectivity index (χ1n) is 12.5. The van der Waals surface area contributed by atoms with Crippen molar-refractivity contribution >= 4 is 29.4 Å². The normalized spacial score (nSPS) is 16.2. The maximum absolute atomic E-state index is 13.2. The summed E-state index contributed by atoms with van der Waals surface area (Å²) in [6, 6.07) is 9.21. The van der Waals surface area contributed by atoms with Gasteiger partial charge in [0.05, 0.1) is 47.9 Å². The van der Waals surface area contributed by atoms with E-state index in [1.165, 1.54) is 4.90 Å². The van der Waals surface area contributed by atoms with Gasteiger partial charge in [-0.2, -0.15) is 0 Å². The van der Waals surface area contributed by atoms with Crippen LogP contribution in [0.3, 0.4) is 0 Å².